The van der Waals surface area contributed by atoms with Crippen LogP contribution in [0.1, 0.15) is 32.8 Å². The highest BCUT2D eigenvalue weighted by molar-refractivity contribution is 5.68. The van der Waals surface area contributed by atoms with Crippen molar-refractivity contribution < 1.29 is 19.2 Å². The first kappa shape index (κ1) is 21.3. The molecular formula is C19H29N5O5. The van der Waals surface area contributed by atoms with E-state index in [0.29, 0.717) is 57.3 Å². The minimum Gasteiger partial charge on any atom is -0.444 e. The standard InChI is InChI=1S/C19H29N5O5/c1-19(2,3)29-18(25)23-7-5-15(13-23)21-12-14-4-6-20-17(16(14)24(26)27)22-8-10-28-11-9-22/h4,6,15,21H,5,7-13H2,1-3H3. The molecule has 1 amide bonds. The molecule has 0 aliphatic carbocycles. The van der Waals surface area contributed by atoms with Gasteiger partial charge in [0, 0.05) is 50.5 Å². The number of rotatable bonds is 5. The molecule has 3 rings (SSSR count). The third kappa shape index (κ3) is 5.54. The van der Waals surface area contributed by atoms with E-state index in [2.05, 4.69) is 10.3 Å². The summed E-state index contributed by atoms with van der Waals surface area (Å²) in [5.74, 6) is 0.388. The Morgan fingerprint density at radius 2 is 2.10 bits per heavy atom. The van der Waals surface area contributed by atoms with Gasteiger partial charge in [0.1, 0.15) is 5.60 Å². The second-order valence-corrected chi connectivity index (χ2v) is 8.29. The van der Waals surface area contributed by atoms with Gasteiger partial charge in [-0.2, -0.15) is 0 Å². The normalized spacial score (nSPS) is 20.0. The average molecular weight is 407 g/mol. The molecule has 0 saturated carbocycles. The van der Waals surface area contributed by atoms with Gasteiger partial charge >= 0.3 is 11.8 Å². The summed E-state index contributed by atoms with van der Waals surface area (Å²) in [6.45, 7) is 9.20. The first-order chi connectivity index (χ1) is 13.7. The molecule has 0 radical (unpaired) electrons. The molecule has 1 N–H and O–H groups in total. The van der Waals surface area contributed by atoms with Gasteiger partial charge < -0.3 is 24.6 Å². The van der Waals surface area contributed by atoms with Crippen molar-refractivity contribution in [2.75, 3.05) is 44.3 Å². The van der Waals surface area contributed by atoms with Crippen molar-refractivity contribution in [3.05, 3.63) is 27.9 Å². The van der Waals surface area contributed by atoms with Crippen LogP contribution in [0.4, 0.5) is 16.3 Å². The molecule has 2 fully saturated rings. The van der Waals surface area contributed by atoms with E-state index in [-0.39, 0.29) is 22.7 Å². The van der Waals surface area contributed by atoms with Crippen LogP contribution in [0.2, 0.25) is 0 Å². The Bertz CT molecular complexity index is 745. The Hall–Kier alpha value is -2.46. The molecule has 160 valence electrons. The van der Waals surface area contributed by atoms with E-state index in [9.17, 15) is 14.9 Å². The highest BCUT2D eigenvalue weighted by Crippen LogP contribution is 2.30. The predicted octanol–water partition coefficient (Wildman–Crippen LogP) is 1.93. The average Bonchev–Trinajstić information content (AvgIpc) is 3.14. The molecule has 1 unspecified atom stereocenters. The largest absolute Gasteiger partial charge is 0.444 e. The zero-order valence-corrected chi connectivity index (χ0v) is 17.2. The Balaban J connectivity index is 1.63. The van der Waals surface area contributed by atoms with Gasteiger partial charge in [0.05, 0.1) is 18.1 Å². The third-order valence-corrected chi connectivity index (χ3v) is 4.90. The molecule has 10 heteroatoms. The van der Waals surface area contributed by atoms with E-state index in [1.54, 1.807) is 17.2 Å². The quantitative estimate of drug-likeness (QED) is 0.582. The Kier molecular flexibility index (Phi) is 6.53. The van der Waals surface area contributed by atoms with Crippen molar-refractivity contribution in [3.63, 3.8) is 0 Å². The number of hydrogen-bond donors (Lipinski definition) is 1. The van der Waals surface area contributed by atoms with E-state index in [0.717, 1.165) is 6.42 Å². The van der Waals surface area contributed by atoms with Gasteiger partial charge in [-0.3, -0.25) is 10.1 Å². The fourth-order valence-corrected chi connectivity index (χ4v) is 3.50. The maximum absolute atomic E-state index is 12.2. The van der Waals surface area contributed by atoms with Crippen molar-refractivity contribution in [1.29, 1.82) is 0 Å². The lowest BCUT2D eigenvalue weighted by molar-refractivity contribution is -0.385. The summed E-state index contributed by atoms with van der Waals surface area (Å²) < 4.78 is 10.7. The molecule has 2 saturated heterocycles. The Morgan fingerprint density at radius 1 is 1.38 bits per heavy atom. The van der Waals surface area contributed by atoms with Crippen molar-refractivity contribution >= 4 is 17.6 Å². The van der Waals surface area contributed by atoms with Crippen LogP contribution in [0.5, 0.6) is 0 Å². The Labute approximate surface area is 170 Å². The van der Waals surface area contributed by atoms with Crippen LogP contribution in [0, 0.1) is 10.1 Å². The summed E-state index contributed by atoms with van der Waals surface area (Å²) in [5, 5.41) is 15.1. The molecule has 0 spiro atoms. The minimum atomic E-state index is -0.532. The summed E-state index contributed by atoms with van der Waals surface area (Å²) >= 11 is 0. The van der Waals surface area contributed by atoms with E-state index in [1.165, 1.54) is 0 Å². The summed E-state index contributed by atoms with van der Waals surface area (Å²) in [7, 11) is 0. The number of morpholine rings is 1. The van der Waals surface area contributed by atoms with Crippen molar-refractivity contribution in [3.8, 4) is 0 Å². The predicted molar refractivity (Wildman–Crippen MR) is 107 cm³/mol. The number of aromatic nitrogens is 1. The lowest BCUT2D eigenvalue weighted by atomic mass is 10.1. The molecule has 3 heterocycles. The van der Waals surface area contributed by atoms with Crippen molar-refractivity contribution in [1.82, 2.24) is 15.2 Å². The van der Waals surface area contributed by atoms with E-state index < -0.39 is 5.60 Å². The topological polar surface area (TPSA) is 110 Å². The lowest BCUT2D eigenvalue weighted by Crippen LogP contribution is -2.38. The first-order valence-corrected chi connectivity index (χ1v) is 9.91. The van der Waals surface area contributed by atoms with Crippen LogP contribution >= 0.6 is 0 Å². The second-order valence-electron chi connectivity index (χ2n) is 8.29. The van der Waals surface area contributed by atoms with Crippen LogP contribution in [0.15, 0.2) is 12.3 Å². The van der Waals surface area contributed by atoms with Crippen LogP contribution < -0.4 is 10.2 Å². The van der Waals surface area contributed by atoms with Gasteiger partial charge in [-0.1, -0.05) is 0 Å². The SMILES string of the molecule is CC(C)(C)OC(=O)N1CCC(NCc2ccnc(N3CCOCC3)c2[N+](=O)[O-])C1. The molecule has 1 aromatic rings. The summed E-state index contributed by atoms with van der Waals surface area (Å²) in [6, 6.07) is 1.73. The first-order valence-electron chi connectivity index (χ1n) is 9.91. The number of nitro groups is 1. The fourth-order valence-electron chi connectivity index (χ4n) is 3.50. The number of nitrogens with zero attached hydrogens (tertiary/aromatic N) is 4. The fraction of sp³-hybridized carbons (Fsp3) is 0.684. The number of likely N-dealkylation sites (tertiary alicyclic amines) is 1. The minimum absolute atomic E-state index is 0.0314. The molecule has 1 aromatic heterocycles. The number of amides is 1. The van der Waals surface area contributed by atoms with Crippen LogP contribution in [0.25, 0.3) is 0 Å². The van der Waals surface area contributed by atoms with Crippen LogP contribution in [0.3, 0.4) is 0 Å². The zero-order chi connectivity index (χ0) is 21.0. The number of nitrogens with one attached hydrogen (secondary N) is 1. The molecule has 2 aliphatic rings. The van der Waals surface area contributed by atoms with Crippen molar-refractivity contribution in [2.24, 2.45) is 0 Å². The molecule has 1 atom stereocenters. The van der Waals surface area contributed by atoms with Gasteiger partial charge in [-0.05, 0) is 33.3 Å². The molecule has 0 aromatic carbocycles. The van der Waals surface area contributed by atoms with E-state index in [1.807, 2.05) is 25.7 Å². The lowest BCUT2D eigenvalue weighted by Gasteiger charge is -2.27. The highest BCUT2D eigenvalue weighted by Gasteiger charge is 2.31. The van der Waals surface area contributed by atoms with Crippen molar-refractivity contribution in [2.45, 2.75) is 45.4 Å². The smallest absolute Gasteiger partial charge is 0.410 e. The summed E-state index contributed by atoms with van der Waals surface area (Å²) in [6.07, 6.45) is 2.05. The van der Waals surface area contributed by atoms with Gasteiger partial charge in [0.15, 0.2) is 0 Å². The number of hydrogen-bond acceptors (Lipinski definition) is 8. The molecule has 29 heavy (non-hydrogen) atoms. The number of carbonyl (C=O) groups excluding carboxylic acids is 1. The van der Waals surface area contributed by atoms with Gasteiger partial charge in [0.2, 0.25) is 5.82 Å². The maximum Gasteiger partial charge on any atom is 0.410 e. The van der Waals surface area contributed by atoms with Crippen LogP contribution in [-0.2, 0) is 16.0 Å². The van der Waals surface area contributed by atoms with E-state index in [4.69, 9.17) is 9.47 Å². The monoisotopic (exact) mass is 407 g/mol. The molecule has 10 nitrogen and oxygen atoms in total. The number of anilines is 1. The number of ether oxygens (including phenoxy) is 2. The second kappa shape index (κ2) is 8.91. The molecule has 0 bridgehead atoms. The van der Waals surface area contributed by atoms with Gasteiger partial charge in [-0.25, -0.2) is 9.78 Å². The highest BCUT2D eigenvalue weighted by atomic mass is 16.6. The maximum atomic E-state index is 12.2. The van der Waals surface area contributed by atoms with Gasteiger partial charge in [0.25, 0.3) is 0 Å². The van der Waals surface area contributed by atoms with Gasteiger partial charge in [-0.15, -0.1) is 0 Å². The number of carbonyl (C=O) groups is 1. The van der Waals surface area contributed by atoms with Crippen LogP contribution in [-0.4, -0.2) is 71.9 Å². The number of pyridine rings is 1. The molecule has 2 aliphatic heterocycles. The Morgan fingerprint density at radius 3 is 2.76 bits per heavy atom. The molecular weight excluding hydrogens is 378 g/mol. The summed E-state index contributed by atoms with van der Waals surface area (Å²) in [4.78, 5) is 31.4. The summed E-state index contributed by atoms with van der Waals surface area (Å²) in [5.41, 5.74) is 0.0852. The van der Waals surface area contributed by atoms with E-state index >= 15 is 0 Å². The zero-order valence-electron chi connectivity index (χ0n) is 17.2. The third-order valence-electron chi connectivity index (χ3n) is 4.90.